The molecule has 0 unspecified atom stereocenters. The molecule has 0 aromatic heterocycles. The van der Waals surface area contributed by atoms with Gasteiger partial charge in [0.05, 0.1) is 12.2 Å². The van der Waals surface area contributed by atoms with Crippen molar-refractivity contribution in [3.05, 3.63) is 47.7 Å². The van der Waals surface area contributed by atoms with Gasteiger partial charge < -0.3 is 16.4 Å². The van der Waals surface area contributed by atoms with Crippen LogP contribution in [0, 0.1) is 0 Å². The number of urea groups is 1. The normalized spacial score (nSPS) is 13.6. The zero-order valence-corrected chi connectivity index (χ0v) is 14.5. The number of carbonyl (C=O) groups is 4. The minimum absolute atomic E-state index is 0.101. The maximum Gasteiger partial charge on any atom is 0.324 e. The molecule has 2 rings (SSSR count). The van der Waals surface area contributed by atoms with Gasteiger partial charge in [0.25, 0.3) is 0 Å². The smallest absolute Gasteiger partial charge is 0.324 e. The zero-order chi connectivity index (χ0) is 19.3. The van der Waals surface area contributed by atoms with Gasteiger partial charge in [-0.25, -0.2) is 4.79 Å². The summed E-state index contributed by atoms with van der Waals surface area (Å²) in [6, 6.07) is 5.53. The van der Waals surface area contributed by atoms with Crippen LogP contribution in [0.4, 0.5) is 16.2 Å². The summed E-state index contributed by atoms with van der Waals surface area (Å²) < 4.78 is 0. The van der Waals surface area contributed by atoms with E-state index < -0.39 is 11.8 Å². The molecule has 0 saturated heterocycles. The van der Waals surface area contributed by atoms with Crippen LogP contribution >= 0.6 is 0 Å². The Bertz CT molecular complexity index is 809. The molecule has 8 heteroatoms. The van der Waals surface area contributed by atoms with E-state index in [0.717, 1.165) is 11.0 Å². The van der Waals surface area contributed by atoms with Crippen LogP contribution < -0.4 is 21.3 Å². The second kappa shape index (κ2) is 8.11. The molecule has 4 N–H and O–H groups in total. The second-order valence-corrected chi connectivity index (χ2v) is 5.61. The summed E-state index contributed by atoms with van der Waals surface area (Å²) in [5.41, 5.74) is 6.59. The van der Waals surface area contributed by atoms with E-state index >= 15 is 0 Å². The molecule has 0 heterocycles. The van der Waals surface area contributed by atoms with Crippen LogP contribution in [0.3, 0.4) is 0 Å². The predicted octanol–water partition coefficient (Wildman–Crippen LogP) is 1.10. The number of likely N-dealkylation sites (N-methyl/N-ethyl adjacent to an activating group) is 1. The number of carbonyl (C=O) groups excluding carboxylic acids is 4. The number of hydrogen-bond acceptors (Lipinski definition) is 5. The maximum absolute atomic E-state index is 12.2. The summed E-state index contributed by atoms with van der Waals surface area (Å²) in [6.45, 7) is 4.00. The highest BCUT2D eigenvalue weighted by molar-refractivity contribution is 6.23. The Kier molecular flexibility index (Phi) is 5.90. The highest BCUT2D eigenvalue weighted by Crippen LogP contribution is 2.24. The quantitative estimate of drug-likeness (QED) is 0.659. The minimum atomic E-state index is -0.881. The number of allylic oxidation sites excluding steroid dienone is 3. The first-order chi connectivity index (χ1) is 12.3. The topological polar surface area (TPSA) is 122 Å². The molecule has 0 atom stereocenters. The average molecular weight is 356 g/mol. The highest BCUT2D eigenvalue weighted by atomic mass is 16.2. The van der Waals surface area contributed by atoms with E-state index in [0.29, 0.717) is 23.5 Å². The van der Waals surface area contributed by atoms with Crippen molar-refractivity contribution in [2.75, 3.05) is 23.3 Å². The number of rotatable bonds is 6. The molecule has 0 spiro atoms. The standard InChI is InChI=1S/C18H20N4O4/c1-3-20-17(25)10-21-12-4-6-13(7-5-12)22(18(19)26)14-9-15(23)11(2)8-16(14)24/h4-9,21H,3,10H2,1-2H3,(H2,19,26)(H,20,25). The lowest BCUT2D eigenvalue weighted by Crippen LogP contribution is -2.39. The van der Waals surface area contributed by atoms with Crippen molar-refractivity contribution < 1.29 is 19.2 Å². The minimum Gasteiger partial charge on any atom is -0.376 e. The molecule has 1 aliphatic rings. The van der Waals surface area contributed by atoms with E-state index in [-0.39, 0.29) is 23.9 Å². The van der Waals surface area contributed by atoms with Gasteiger partial charge in [0.1, 0.15) is 5.70 Å². The van der Waals surface area contributed by atoms with Crippen LogP contribution in [0.5, 0.6) is 0 Å². The van der Waals surface area contributed by atoms with E-state index in [9.17, 15) is 19.2 Å². The number of nitrogens with two attached hydrogens (primary N) is 1. The summed E-state index contributed by atoms with van der Waals surface area (Å²) in [6.07, 6.45) is 2.28. The van der Waals surface area contributed by atoms with Crippen LogP contribution in [0.25, 0.3) is 0 Å². The van der Waals surface area contributed by atoms with Crippen molar-refractivity contribution in [2.24, 2.45) is 5.73 Å². The van der Waals surface area contributed by atoms with E-state index in [2.05, 4.69) is 10.6 Å². The van der Waals surface area contributed by atoms with E-state index in [1.165, 1.54) is 13.0 Å². The molecule has 26 heavy (non-hydrogen) atoms. The summed E-state index contributed by atoms with van der Waals surface area (Å²) in [5.74, 6) is -0.973. The SMILES string of the molecule is CCNC(=O)CNc1ccc(N(C(N)=O)C2=CC(=O)C(C)=CC2=O)cc1. The molecular formula is C18H20N4O4. The van der Waals surface area contributed by atoms with Gasteiger partial charge in [-0.05, 0) is 44.2 Å². The number of amides is 3. The van der Waals surface area contributed by atoms with Gasteiger partial charge in [-0.2, -0.15) is 0 Å². The summed E-state index contributed by atoms with van der Waals surface area (Å²) in [4.78, 5) is 48.3. The third-order valence-corrected chi connectivity index (χ3v) is 3.67. The monoisotopic (exact) mass is 356 g/mol. The highest BCUT2D eigenvalue weighted by Gasteiger charge is 2.27. The van der Waals surface area contributed by atoms with E-state index in [1.54, 1.807) is 24.3 Å². The van der Waals surface area contributed by atoms with Crippen LogP contribution in [0.2, 0.25) is 0 Å². The molecule has 3 amide bonds. The lowest BCUT2D eigenvalue weighted by atomic mass is 10.0. The van der Waals surface area contributed by atoms with Gasteiger partial charge in [0.15, 0.2) is 5.78 Å². The van der Waals surface area contributed by atoms with Crippen LogP contribution in [-0.4, -0.2) is 36.6 Å². The number of hydrogen-bond donors (Lipinski definition) is 3. The molecule has 0 bridgehead atoms. The fourth-order valence-electron chi connectivity index (χ4n) is 2.38. The molecule has 1 aliphatic carbocycles. The Balaban J connectivity index is 2.20. The Hall–Kier alpha value is -3.42. The third kappa shape index (κ3) is 4.35. The first-order valence-electron chi connectivity index (χ1n) is 8.02. The van der Waals surface area contributed by atoms with E-state index in [4.69, 9.17) is 5.73 Å². The number of nitrogens with zero attached hydrogens (tertiary/aromatic N) is 1. The Labute approximate surface area is 150 Å². The van der Waals surface area contributed by atoms with Crippen molar-refractivity contribution in [3.8, 4) is 0 Å². The lowest BCUT2D eigenvalue weighted by molar-refractivity contribution is -0.119. The number of nitrogens with one attached hydrogen (secondary N) is 2. The van der Waals surface area contributed by atoms with Crippen LogP contribution in [-0.2, 0) is 14.4 Å². The number of primary amides is 1. The first kappa shape index (κ1) is 18.9. The van der Waals surface area contributed by atoms with Gasteiger partial charge in [0, 0.05) is 23.9 Å². The predicted molar refractivity (Wildman–Crippen MR) is 97.5 cm³/mol. The summed E-state index contributed by atoms with van der Waals surface area (Å²) >= 11 is 0. The maximum atomic E-state index is 12.2. The van der Waals surface area contributed by atoms with E-state index in [1.807, 2.05) is 6.92 Å². The number of benzene rings is 1. The molecule has 0 radical (unpaired) electrons. The zero-order valence-electron chi connectivity index (χ0n) is 14.5. The van der Waals surface area contributed by atoms with Gasteiger partial charge in [0.2, 0.25) is 11.7 Å². The van der Waals surface area contributed by atoms with Crippen molar-refractivity contribution in [1.29, 1.82) is 0 Å². The fourth-order valence-corrected chi connectivity index (χ4v) is 2.38. The Morgan fingerprint density at radius 2 is 1.73 bits per heavy atom. The lowest BCUT2D eigenvalue weighted by Gasteiger charge is -2.24. The molecule has 1 aromatic rings. The molecule has 0 saturated carbocycles. The molecule has 0 fully saturated rings. The second-order valence-electron chi connectivity index (χ2n) is 5.61. The van der Waals surface area contributed by atoms with Crippen LogP contribution in [0.15, 0.2) is 47.7 Å². The van der Waals surface area contributed by atoms with Crippen molar-refractivity contribution in [2.45, 2.75) is 13.8 Å². The van der Waals surface area contributed by atoms with Gasteiger partial charge in [-0.1, -0.05) is 0 Å². The third-order valence-electron chi connectivity index (χ3n) is 3.67. The van der Waals surface area contributed by atoms with Crippen molar-refractivity contribution >= 4 is 34.9 Å². The fraction of sp³-hybridized carbons (Fsp3) is 0.222. The Morgan fingerprint density at radius 3 is 2.31 bits per heavy atom. The number of ketones is 2. The van der Waals surface area contributed by atoms with Crippen molar-refractivity contribution in [3.63, 3.8) is 0 Å². The molecule has 136 valence electrons. The average Bonchev–Trinajstić information content (AvgIpc) is 2.59. The van der Waals surface area contributed by atoms with Gasteiger partial charge in [-0.3, -0.25) is 19.3 Å². The van der Waals surface area contributed by atoms with Crippen LogP contribution in [0.1, 0.15) is 13.8 Å². The molecule has 8 nitrogen and oxygen atoms in total. The molecule has 0 aliphatic heterocycles. The molecule has 1 aromatic carbocycles. The first-order valence-corrected chi connectivity index (χ1v) is 8.02. The molecular weight excluding hydrogens is 336 g/mol. The largest absolute Gasteiger partial charge is 0.376 e. The van der Waals surface area contributed by atoms with Crippen molar-refractivity contribution in [1.82, 2.24) is 5.32 Å². The number of anilines is 2. The van der Waals surface area contributed by atoms with Gasteiger partial charge in [-0.15, -0.1) is 0 Å². The van der Waals surface area contributed by atoms with Gasteiger partial charge >= 0.3 is 6.03 Å². The summed E-state index contributed by atoms with van der Waals surface area (Å²) in [5, 5.41) is 5.60. The summed E-state index contributed by atoms with van der Waals surface area (Å²) in [7, 11) is 0. The Morgan fingerprint density at radius 1 is 1.08 bits per heavy atom.